The van der Waals surface area contributed by atoms with Gasteiger partial charge < -0.3 is 9.47 Å². The molecule has 2 heterocycles. The lowest BCUT2D eigenvalue weighted by atomic mass is 10.1. The van der Waals surface area contributed by atoms with Gasteiger partial charge in [-0.15, -0.1) is 0 Å². The second kappa shape index (κ2) is 6.99. The molecule has 0 aliphatic rings. The van der Waals surface area contributed by atoms with E-state index >= 15 is 0 Å². The summed E-state index contributed by atoms with van der Waals surface area (Å²) in [6.07, 6.45) is 0. The highest BCUT2D eigenvalue weighted by atomic mass is 16.5. The van der Waals surface area contributed by atoms with Crippen LogP contribution in [0.4, 0.5) is 0 Å². The van der Waals surface area contributed by atoms with Gasteiger partial charge in [-0.3, -0.25) is 0 Å². The Morgan fingerprint density at radius 1 is 0.690 bits per heavy atom. The average Bonchev–Trinajstić information content (AvgIpc) is 3.24. The summed E-state index contributed by atoms with van der Waals surface area (Å²) in [5.74, 6) is 1.67. The van der Waals surface area contributed by atoms with Crippen LogP contribution >= 0.6 is 0 Å². The molecule has 2 aromatic heterocycles. The summed E-state index contributed by atoms with van der Waals surface area (Å²) in [6, 6.07) is 28.8. The molecule has 0 aliphatic carbocycles. The molecule has 4 heteroatoms. The summed E-state index contributed by atoms with van der Waals surface area (Å²) < 4.78 is 12.6. The van der Waals surface area contributed by atoms with Gasteiger partial charge in [0.15, 0.2) is 0 Å². The molecular formula is C25H20N2O2. The number of pyridine rings is 1. The van der Waals surface area contributed by atoms with Gasteiger partial charge in [-0.1, -0.05) is 24.3 Å². The molecule has 0 spiro atoms. The highest BCUT2D eigenvalue weighted by Crippen LogP contribution is 2.32. The van der Waals surface area contributed by atoms with Gasteiger partial charge in [0.2, 0.25) is 0 Å². The first-order valence-corrected chi connectivity index (χ1v) is 9.47. The first-order chi connectivity index (χ1) is 14.3. The zero-order valence-corrected chi connectivity index (χ0v) is 16.3. The fraction of sp³-hybridized carbons (Fsp3) is 0.0800. The van der Waals surface area contributed by atoms with Gasteiger partial charge in [0.05, 0.1) is 31.1 Å². The van der Waals surface area contributed by atoms with E-state index in [1.807, 2.05) is 40.9 Å². The minimum atomic E-state index is 0.835. The van der Waals surface area contributed by atoms with Crippen molar-refractivity contribution in [2.24, 2.45) is 0 Å². The summed E-state index contributed by atoms with van der Waals surface area (Å²) in [4.78, 5) is 0. The number of benzene rings is 3. The maximum atomic E-state index is 5.31. The van der Waals surface area contributed by atoms with Crippen molar-refractivity contribution >= 4 is 16.3 Å². The first-order valence-electron chi connectivity index (χ1n) is 9.47. The summed E-state index contributed by atoms with van der Waals surface area (Å²) in [5, 5.41) is 7.32. The predicted molar refractivity (Wildman–Crippen MR) is 117 cm³/mol. The molecule has 3 aromatic carbocycles. The molecule has 0 fully saturated rings. The van der Waals surface area contributed by atoms with Crippen LogP contribution in [0.5, 0.6) is 11.5 Å². The summed E-state index contributed by atoms with van der Waals surface area (Å²) in [7, 11) is 3.35. The fourth-order valence-corrected chi connectivity index (χ4v) is 3.69. The third kappa shape index (κ3) is 2.99. The number of aromatic nitrogens is 2. The number of rotatable bonds is 4. The molecule has 5 rings (SSSR count). The zero-order chi connectivity index (χ0) is 19.8. The Labute approximate surface area is 168 Å². The minimum Gasteiger partial charge on any atom is -0.497 e. The molecule has 4 nitrogen and oxygen atoms in total. The van der Waals surface area contributed by atoms with Crippen molar-refractivity contribution in [2.75, 3.05) is 14.2 Å². The van der Waals surface area contributed by atoms with Crippen LogP contribution in [-0.2, 0) is 0 Å². The Balaban J connectivity index is 1.75. The number of nitrogens with zero attached hydrogens (tertiary/aromatic N) is 2. The van der Waals surface area contributed by atoms with Crippen LogP contribution in [0.3, 0.4) is 0 Å². The molecule has 0 radical (unpaired) electrons. The van der Waals surface area contributed by atoms with Crippen LogP contribution < -0.4 is 9.47 Å². The quantitative estimate of drug-likeness (QED) is 0.393. The highest BCUT2D eigenvalue weighted by Gasteiger charge is 2.13. The third-order valence-electron chi connectivity index (χ3n) is 5.24. The van der Waals surface area contributed by atoms with Gasteiger partial charge in [-0.25, -0.2) is 4.52 Å². The van der Waals surface area contributed by atoms with Crippen LogP contribution in [0, 0.1) is 0 Å². The van der Waals surface area contributed by atoms with E-state index in [0.29, 0.717) is 0 Å². The molecular weight excluding hydrogens is 360 g/mol. The zero-order valence-electron chi connectivity index (χ0n) is 16.3. The second-order valence-electron chi connectivity index (χ2n) is 6.90. The van der Waals surface area contributed by atoms with Gasteiger partial charge in [0.25, 0.3) is 0 Å². The van der Waals surface area contributed by atoms with Crippen LogP contribution in [0.2, 0.25) is 0 Å². The highest BCUT2D eigenvalue weighted by molar-refractivity contribution is 5.99. The largest absolute Gasteiger partial charge is 0.497 e. The molecule has 0 N–H and O–H groups in total. The molecule has 5 aromatic rings. The van der Waals surface area contributed by atoms with Gasteiger partial charge in [-0.05, 0) is 66.0 Å². The van der Waals surface area contributed by atoms with Crippen molar-refractivity contribution in [3.8, 4) is 34.0 Å². The lowest BCUT2D eigenvalue weighted by Crippen LogP contribution is -1.95. The molecule has 29 heavy (non-hydrogen) atoms. The maximum Gasteiger partial charge on any atom is 0.118 e. The third-order valence-corrected chi connectivity index (χ3v) is 5.24. The Morgan fingerprint density at radius 2 is 1.31 bits per heavy atom. The van der Waals surface area contributed by atoms with E-state index in [0.717, 1.165) is 39.5 Å². The Morgan fingerprint density at radius 3 is 1.97 bits per heavy atom. The van der Waals surface area contributed by atoms with E-state index in [-0.39, 0.29) is 0 Å². The van der Waals surface area contributed by atoms with E-state index in [1.165, 1.54) is 10.8 Å². The molecule has 0 saturated carbocycles. The van der Waals surface area contributed by atoms with Crippen LogP contribution in [-0.4, -0.2) is 23.8 Å². The van der Waals surface area contributed by atoms with Crippen LogP contribution in [0.1, 0.15) is 0 Å². The lowest BCUT2D eigenvalue weighted by Gasteiger charge is -2.09. The summed E-state index contributed by atoms with van der Waals surface area (Å²) >= 11 is 0. The number of hydrogen-bond acceptors (Lipinski definition) is 3. The van der Waals surface area contributed by atoms with Crippen molar-refractivity contribution in [1.29, 1.82) is 0 Å². The topological polar surface area (TPSA) is 35.8 Å². The van der Waals surface area contributed by atoms with Crippen LogP contribution in [0.15, 0.2) is 84.9 Å². The monoisotopic (exact) mass is 380 g/mol. The first kappa shape index (κ1) is 17.3. The van der Waals surface area contributed by atoms with E-state index in [4.69, 9.17) is 14.6 Å². The molecule has 0 atom stereocenters. The predicted octanol–water partition coefficient (Wildman–Crippen LogP) is 5.84. The Kier molecular flexibility index (Phi) is 4.17. The SMILES string of the molecule is COc1ccc(-c2cc3c4ccccc4cc(-c4ccc(OC)cc4)n3n2)cc1. The van der Waals surface area contributed by atoms with Crippen molar-refractivity contribution in [2.45, 2.75) is 0 Å². The molecule has 0 amide bonds. The number of hydrogen-bond donors (Lipinski definition) is 0. The molecule has 0 saturated heterocycles. The number of methoxy groups -OCH3 is 2. The second-order valence-corrected chi connectivity index (χ2v) is 6.90. The molecule has 0 unspecified atom stereocenters. The van der Waals surface area contributed by atoms with Crippen LogP contribution in [0.25, 0.3) is 38.8 Å². The van der Waals surface area contributed by atoms with Gasteiger partial charge in [0.1, 0.15) is 11.5 Å². The van der Waals surface area contributed by atoms with Crippen molar-refractivity contribution in [3.05, 3.63) is 84.9 Å². The fourth-order valence-electron chi connectivity index (χ4n) is 3.69. The van der Waals surface area contributed by atoms with E-state index in [9.17, 15) is 0 Å². The molecule has 0 bridgehead atoms. The Hall–Kier alpha value is -3.79. The van der Waals surface area contributed by atoms with Crippen molar-refractivity contribution < 1.29 is 9.47 Å². The maximum absolute atomic E-state index is 5.31. The van der Waals surface area contributed by atoms with E-state index < -0.39 is 0 Å². The molecule has 142 valence electrons. The summed E-state index contributed by atoms with van der Waals surface area (Å²) in [5.41, 5.74) is 5.20. The standard InChI is InChI=1S/C25H20N2O2/c1-28-20-11-7-17(8-12-20)23-16-25-22-6-4-3-5-19(22)15-24(27(25)26-23)18-9-13-21(29-2)14-10-18/h3-16H,1-2H3. The number of ether oxygens (including phenoxy) is 2. The van der Waals surface area contributed by atoms with Crippen molar-refractivity contribution in [3.63, 3.8) is 0 Å². The van der Waals surface area contributed by atoms with Crippen molar-refractivity contribution in [1.82, 2.24) is 9.61 Å². The molecule has 0 aliphatic heterocycles. The minimum absolute atomic E-state index is 0.835. The number of fused-ring (bicyclic) bond motifs is 3. The van der Waals surface area contributed by atoms with Gasteiger partial charge >= 0.3 is 0 Å². The lowest BCUT2D eigenvalue weighted by molar-refractivity contribution is 0.414. The van der Waals surface area contributed by atoms with E-state index in [2.05, 4.69) is 48.5 Å². The Bertz CT molecular complexity index is 1300. The smallest absolute Gasteiger partial charge is 0.118 e. The normalized spacial score (nSPS) is 11.1. The van der Waals surface area contributed by atoms with Gasteiger partial charge in [0, 0.05) is 16.5 Å². The average molecular weight is 380 g/mol. The van der Waals surface area contributed by atoms with E-state index in [1.54, 1.807) is 14.2 Å². The summed E-state index contributed by atoms with van der Waals surface area (Å²) in [6.45, 7) is 0. The van der Waals surface area contributed by atoms with Gasteiger partial charge in [-0.2, -0.15) is 5.10 Å².